The molecule has 0 fully saturated rings. The van der Waals surface area contributed by atoms with Crippen molar-refractivity contribution in [1.29, 1.82) is 0 Å². The Morgan fingerprint density at radius 3 is 2.76 bits per heavy atom. The molecule has 2 heterocycles. The molecule has 0 bridgehead atoms. The number of amides is 1. The van der Waals surface area contributed by atoms with Gasteiger partial charge in [0, 0.05) is 6.20 Å². The predicted octanol–water partition coefficient (Wildman–Crippen LogP) is 3.89. The van der Waals surface area contributed by atoms with Gasteiger partial charge in [0.25, 0.3) is 5.91 Å². The van der Waals surface area contributed by atoms with Gasteiger partial charge in [-0.15, -0.1) is 23.7 Å². The van der Waals surface area contributed by atoms with Gasteiger partial charge in [0.1, 0.15) is 5.82 Å². The number of pyridine rings is 1. The lowest BCUT2D eigenvalue weighted by atomic mass is 10.3. The monoisotopic (exact) mass is 332 g/mol. The Labute approximate surface area is 118 Å². The van der Waals surface area contributed by atoms with Crippen molar-refractivity contribution in [3.8, 4) is 0 Å². The molecule has 2 rings (SSSR count). The number of thiophene rings is 1. The highest BCUT2D eigenvalue weighted by atomic mass is 79.9. The summed E-state index contributed by atoms with van der Waals surface area (Å²) in [6, 6.07) is 7.35. The Kier molecular flexibility index (Phi) is 5.11. The number of hydrogen-bond donors (Lipinski definition) is 1. The minimum absolute atomic E-state index is 0. The average molecular weight is 334 g/mol. The van der Waals surface area contributed by atoms with E-state index in [1.165, 1.54) is 11.3 Å². The van der Waals surface area contributed by atoms with Crippen LogP contribution >= 0.6 is 39.7 Å². The third-order valence-electron chi connectivity index (χ3n) is 1.95. The molecule has 0 atom stereocenters. The third-order valence-corrected chi connectivity index (χ3v) is 3.58. The summed E-state index contributed by atoms with van der Waals surface area (Å²) in [5, 5.41) is 2.75. The Bertz CT molecular complexity index is 530. The molecule has 0 spiro atoms. The second kappa shape index (κ2) is 6.14. The van der Waals surface area contributed by atoms with E-state index in [1.54, 1.807) is 12.3 Å². The fourth-order valence-corrected chi connectivity index (χ4v) is 2.50. The fourth-order valence-electron chi connectivity index (χ4n) is 1.22. The zero-order valence-electron chi connectivity index (χ0n) is 8.94. The van der Waals surface area contributed by atoms with Crippen molar-refractivity contribution in [3.05, 3.63) is 44.7 Å². The fraction of sp³-hybridized carbons (Fsp3) is 0.0909. The van der Waals surface area contributed by atoms with Gasteiger partial charge in [-0.2, -0.15) is 0 Å². The van der Waals surface area contributed by atoms with Crippen molar-refractivity contribution in [3.63, 3.8) is 0 Å². The quantitative estimate of drug-likeness (QED) is 0.906. The SMILES string of the molecule is Cc1ccnc(NC(=O)c2ccc(Br)s2)c1.Cl. The molecule has 0 saturated carbocycles. The van der Waals surface area contributed by atoms with Gasteiger partial charge in [0.2, 0.25) is 0 Å². The lowest BCUT2D eigenvalue weighted by Gasteiger charge is -2.02. The van der Waals surface area contributed by atoms with Gasteiger partial charge < -0.3 is 5.32 Å². The van der Waals surface area contributed by atoms with Crippen LogP contribution in [0.1, 0.15) is 15.2 Å². The lowest BCUT2D eigenvalue weighted by Crippen LogP contribution is -2.11. The number of carbonyl (C=O) groups excluding carboxylic acids is 1. The summed E-state index contributed by atoms with van der Waals surface area (Å²) in [6.07, 6.45) is 1.68. The van der Waals surface area contributed by atoms with Crippen molar-refractivity contribution in [2.45, 2.75) is 6.92 Å². The Morgan fingerprint density at radius 2 is 2.18 bits per heavy atom. The van der Waals surface area contributed by atoms with Crippen LogP contribution in [0, 0.1) is 6.92 Å². The van der Waals surface area contributed by atoms with E-state index in [4.69, 9.17) is 0 Å². The topological polar surface area (TPSA) is 42.0 Å². The summed E-state index contributed by atoms with van der Waals surface area (Å²) in [7, 11) is 0. The minimum Gasteiger partial charge on any atom is -0.306 e. The molecule has 90 valence electrons. The van der Waals surface area contributed by atoms with Gasteiger partial charge in [-0.1, -0.05) is 0 Å². The summed E-state index contributed by atoms with van der Waals surface area (Å²) in [6.45, 7) is 1.96. The van der Waals surface area contributed by atoms with Crippen molar-refractivity contribution in [1.82, 2.24) is 4.98 Å². The highest BCUT2D eigenvalue weighted by Crippen LogP contribution is 2.22. The number of rotatable bonds is 2. The Balaban J connectivity index is 0.00000144. The molecule has 1 amide bonds. The molecule has 0 unspecified atom stereocenters. The maximum absolute atomic E-state index is 11.8. The van der Waals surface area contributed by atoms with Crippen LogP contribution in [0.2, 0.25) is 0 Å². The molecular weight excluding hydrogens is 324 g/mol. The first-order valence-electron chi connectivity index (χ1n) is 4.64. The Morgan fingerprint density at radius 1 is 1.41 bits per heavy atom. The van der Waals surface area contributed by atoms with Crippen LogP contribution in [0.5, 0.6) is 0 Å². The minimum atomic E-state index is -0.131. The molecule has 2 aromatic heterocycles. The number of anilines is 1. The number of nitrogens with zero attached hydrogens (tertiary/aromatic N) is 1. The van der Waals surface area contributed by atoms with E-state index in [1.807, 2.05) is 25.1 Å². The summed E-state index contributed by atoms with van der Waals surface area (Å²) in [4.78, 5) is 16.5. The van der Waals surface area contributed by atoms with E-state index in [0.29, 0.717) is 10.7 Å². The molecule has 3 nitrogen and oxygen atoms in total. The van der Waals surface area contributed by atoms with Gasteiger partial charge in [-0.05, 0) is 52.7 Å². The van der Waals surface area contributed by atoms with Gasteiger partial charge in [-0.3, -0.25) is 4.79 Å². The molecule has 6 heteroatoms. The van der Waals surface area contributed by atoms with Gasteiger partial charge in [0.15, 0.2) is 0 Å². The molecule has 0 saturated heterocycles. The number of aryl methyl sites for hydroxylation is 1. The lowest BCUT2D eigenvalue weighted by molar-refractivity contribution is 0.103. The van der Waals surface area contributed by atoms with Crippen LogP contribution < -0.4 is 5.32 Å². The molecule has 1 N–H and O–H groups in total. The first kappa shape index (κ1) is 14.2. The second-order valence-corrected chi connectivity index (χ2v) is 5.74. The van der Waals surface area contributed by atoms with E-state index in [9.17, 15) is 4.79 Å². The second-order valence-electron chi connectivity index (χ2n) is 3.28. The van der Waals surface area contributed by atoms with E-state index in [-0.39, 0.29) is 18.3 Å². The first-order valence-corrected chi connectivity index (χ1v) is 6.25. The predicted molar refractivity (Wildman–Crippen MR) is 76.2 cm³/mol. The summed E-state index contributed by atoms with van der Waals surface area (Å²) in [5.41, 5.74) is 1.07. The normalized spacial score (nSPS) is 9.53. The standard InChI is InChI=1S/C11H9BrN2OS.ClH/c1-7-4-5-13-10(6-7)14-11(15)8-2-3-9(12)16-8;/h2-6H,1H3,(H,13,14,15);1H. The highest BCUT2D eigenvalue weighted by Gasteiger charge is 2.09. The average Bonchev–Trinajstić information content (AvgIpc) is 2.65. The molecule has 0 aliphatic rings. The number of hydrogen-bond acceptors (Lipinski definition) is 3. The maximum atomic E-state index is 11.8. The number of aromatic nitrogens is 1. The molecule has 0 aliphatic heterocycles. The van der Waals surface area contributed by atoms with E-state index in [2.05, 4.69) is 26.2 Å². The van der Waals surface area contributed by atoms with Crippen molar-refractivity contribution in [2.24, 2.45) is 0 Å². The molecule has 0 aromatic carbocycles. The van der Waals surface area contributed by atoms with Gasteiger partial charge in [-0.25, -0.2) is 4.98 Å². The van der Waals surface area contributed by atoms with Crippen LogP contribution in [-0.4, -0.2) is 10.9 Å². The van der Waals surface area contributed by atoms with Crippen LogP contribution in [-0.2, 0) is 0 Å². The molecular formula is C11H10BrClN2OS. The molecule has 17 heavy (non-hydrogen) atoms. The van der Waals surface area contributed by atoms with E-state index >= 15 is 0 Å². The zero-order valence-corrected chi connectivity index (χ0v) is 12.2. The maximum Gasteiger partial charge on any atom is 0.266 e. The smallest absolute Gasteiger partial charge is 0.266 e. The van der Waals surface area contributed by atoms with E-state index in [0.717, 1.165) is 9.35 Å². The Hall–Kier alpha value is -0.910. The summed E-state index contributed by atoms with van der Waals surface area (Å²) in [5.74, 6) is 0.448. The highest BCUT2D eigenvalue weighted by molar-refractivity contribution is 9.11. The molecule has 0 aliphatic carbocycles. The van der Waals surface area contributed by atoms with Crippen LogP contribution in [0.25, 0.3) is 0 Å². The zero-order chi connectivity index (χ0) is 11.5. The summed E-state index contributed by atoms with van der Waals surface area (Å²) >= 11 is 4.72. The van der Waals surface area contributed by atoms with Crippen LogP contribution in [0.15, 0.2) is 34.2 Å². The number of carbonyl (C=O) groups is 1. The van der Waals surface area contributed by atoms with E-state index < -0.39 is 0 Å². The van der Waals surface area contributed by atoms with Gasteiger partial charge >= 0.3 is 0 Å². The molecule has 0 radical (unpaired) electrons. The third kappa shape index (κ3) is 3.80. The number of nitrogens with one attached hydrogen (secondary N) is 1. The first-order chi connectivity index (χ1) is 7.65. The van der Waals surface area contributed by atoms with Crippen molar-refractivity contribution in [2.75, 3.05) is 5.32 Å². The van der Waals surface area contributed by atoms with Crippen LogP contribution in [0.3, 0.4) is 0 Å². The largest absolute Gasteiger partial charge is 0.306 e. The summed E-state index contributed by atoms with van der Waals surface area (Å²) < 4.78 is 0.940. The van der Waals surface area contributed by atoms with Crippen molar-refractivity contribution >= 4 is 51.4 Å². The van der Waals surface area contributed by atoms with Crippen molar-refractivity contribution < 1.29 is 4.79 Å². The number of halogens is 2. The van der Waals surface area contributed by atoms with Gasteiger partial charge in [0.05, 0.1) is 8.66 Å². The molecule has 2 aromatic rings. The van der Waals surface area contributed by atoms with Crippen LogP contribution in [0.4, 0.5) is 5.82 Å².